The van der Waals surface area contributed by atoms with Crippen molar-refractivity contribution < 1.29 is 9.18 Å². The van der Waals surface area contributed by atoms with Crippen LogP contribution in [0.15, 0.2) is 42.7 Å². The van der Waals surface area contributed by atoms with E-state index < -0.39 is 11.4 Å². The van der Waals surface area contributed by atoms with Gasteiger partial charge in [-0.1, -0.05) is 31.7 Å². The van der Waals surface area contributed by atoms with Gasteiger partial charge in [-0.3, -0.25) is 9.78 Å². The summed E-state index contributed by atoms with van der Waals surface area (Å²) in [5.41, 5.74) is 8.04. The van der Waals surface area contributed by atoms with Crippen LogP contribution >= 0.6 is 0 Å². The number of carbonyl (C=O) groups excluding carboxylic acids is 1. The van der Waals surface area contributed by atoms with Crippen molar-refractivity contribution >= 4 is 12.1 Å². The monoisotopic (exact) mass is 327 g/mol. The number of halogens is 1. The maximum Gasteiger partial charge on any atom is 0.211 e. The molecule has 0 aliphatic heterocycles. The zero-order chi connectivity index (χ0) is 17.0. The van der Waals surface area contributed by atoms with Gasteiger partial charge in [0.05, 0.1) is 11.2 Å². The number of amides is 1. The maximum absolute atomic E-state index is 13.9. The molecule has 0 saturated heterocycles. The van der Waals surface area contributed by atoms with Crippen LogP contribution in [0, 0.1) is 11.7 Å². The summed E-state index contributed by atoms with van der Waals surface area (Å²) in [7, 11) is 0. The molecule has 1 heterocycles. The number of nitrogens with two attached hydrogens (primary N) is 1. The molecule has 1 aromatic carbocycles. The molecule has 126 valence electrons. The van der Waals surface area contributed by atoms with Crippen molar-refractivity contribution in [2.75, 3.05) is 5.32 Å². The largest absolute Gasteiger partial charge is 0.326 e. The van der Waals surface area contributed by atoms with Crippen LogP contribution in [0.1, 0.15) is 43.2 Å². The van der Waals surface area contributed by atoms with Gasteiger partial charge in [0.15, 0.2) is 0 Å². The summed E-state index contributed by atoms with van der Waals surface area (Å²) < 4.78 is 13.9. The number of hydrogen-bond donors (Lipinski definition) is 2. The highest BCUT2D eigenvalue weighted by Gasteiger charge is 2.34. The summed E-state index contributed by atoms with van der Waals surface area (Å²) in [6.07, 6.45) is 9.53. The van der Waals surface area contributed by atoms with Gasteiger partial charge in [-0.2, -0.15) is 0 Å². The van der Waals surface area contributed by atoms with Crippen molar-refractivity contribution in [3.63, 3.8) is 0 Å². The quantitative estimate of drug-likeness (QED) is 0.797. The molecule has 1 atom stereocenters. The molecule has 1 aromatic heterocycles. The average molecular weight is 327 g/mol. The molecule has 24 heavy (non-hydrogen) atoms. The van der Waals surface area contributed by atoms with E-state index in [0.29, 0.717) is 12.3 Å². The standard InChI is InChI=1S/C19H22FN3O/c20-17-6-5-16(11-18(17)23-13-24)19(21,12-14-3-1-2-4-14)15-7-9-22-10-8-15/h5-11,13-14H,1-4,12,21H2,(H,23,24). The number of anilines is 1. The summed E-state index contributed by atoms with van der Waals surface area (Å²) in [6.45, 7) is 0. The Kier molecular flexibility index (Phi) is 4.90. The Morgan fingerprint density at radius 1 is 1.21 bits per heavy atom. The van der Waals surface area contributed by atoms with Crippen LogP contribution in [0.5, 0.6) is 0 Å². The average Bonchev–Trinajstić information content (AvgIpc) is 3.10. The molecular weight excluding hydrogens is 305 g/mol. The van der Waals surface area contributed by atoms with E-state index in [9.17, 15) is 9.18 Å². The summed E-state index contributed by atoms with van der Waals surface area (Å²) in [6, 6.07) is 8.52. The van der Waals surface area contributed by atoms with Gasteiger partial charge in [0.1, 0.15) is 5.82 Å². The number of pyridine rings is 1. The molecule has 0 spiro atoms. The van der Waals surface area contributed by atoms with E-state index in [-0.39, 0.29) is 5.69 Å². The molecule has 0 bridgehead atoms. The van der Waals surface area contributed by atoms with Crippen molar-refractivity contribution in [3.05, 3.63) is 59.7 Å². The Morgan fingerprint density at radius 2 is 1.92 bits per heavy atom. The minimum atomic E-state index is -0.731. The molecule has 1 aliphatic rings. The van der Waals surface area contributed by atoms with E-state index in [1.165, 1.54) is 31.7 Å². The van der Waals surface area contributed by atoms with Crippen molar-refractivity contribution in [2.24, 2.45) is 11.7 Å². The molecule has 5 heteroatoms. The van der Waals surface area contributed by atoms with Gasteiger partial charge in [-0.25, -0.2) is 4.39 Å². The minimum absolute atomic E-state index is 0.151. The highest BCUT2D eigenvalue weighted by Crippen LogP contribution is 2.39. The summed E-state index contributed by atoms with van der Waals surface area (Å²) >= 11 is 0. The van der Waals surface area contributed by atoms with E-state index in [2.05, 4.69) is 10.3 Å². The highest BCUT2D eigenvalue weighted by atomic mass is 19.1. The first-order chi connectivity index (χ1) is 11.6. The Bertz CT molecular complexity index is 701. The number of hydrogen-bond acceptors (Lipinski definition) is 3. The predicted molar refractivity (Wildman–Crippen MR) is 91.9 cm³/mol. The first-order valence-corrected chi connectivity index (χ1v) is 8.33. The lowest BCUT2D eigenvalue weighted by atomic mass is 9.76. The normalized spacial score (nSPS) is 17.4. The molecule has 0 radical (unpaired) electrons. The fraction of sp³-hybridized carbons (Fsp3) is 0.368. The first-order valence-electron chi connectivity index (χ1n) is 8.33. The highest BCUT2D eigenvalue weighted by molar-refractivity contribution is 5.72. The molecule has 4 nitrogen and oxygen atoms in total. The van der Waals surface area contributed by atoms with Crippen LogP contribution in [0.2, 0.25) is 0 Å². The number of benzene rings is 1. The first kappa shape index (κ1) is 16.6. The second-order valence-corrected chi connectivity index (χ2v) is 6.52. The zero-order valence-electron chi connectivity index (χ0n) is 13.5. The second kappa shape index (κ2) is 7.09. The lowest BCUT2D eigenvalue weighted by Crippen LogP contribution is -2.40. The lowest BCUT2D eigenvalue weighted by Gasteiger charge is -2.33. The van der Waals surface area contributed by atoms with Crippen molar-refractivity contribution in [3.8, 4) is 0 Å². The van der Waals surface area contributed by atoms with Crippen molar-refractivity contribution in [1.82, 2.24) is 4.98 Å². The van der Waals surface area contributed by atoms with Crippen LogP contribution < -0.4 is 11.1 Å². The molecule has 1 aliphatic carbocycles. The van der Waals surface area contributed by atoms with Gasteiger partial charge in [-0.05, 0) is 47.7 Å². The Hall–Kier alpha value is -2.27. The molecule has 1 unspecified atom stereocenters. The summed E-state index contributed by atoms with van der Waals surface area (Å²) in [5, 5.41) is 2.41. The smallest absolute Gasteiger partial charge is 0.211 e. The third-order valence-electron chi connectivity index (χ3n) is 4.98. The Balaban J connectivity index is 2.03. The lowest BCUT2D eigenvalue weighted by molar-refractivity contribution is -0.105. The minimum Gasteiger partial charge on any atom is -0.326 e. The van der Waals surface area contributed by atoms with Crippen molar-refractivity contribution in [1.29, 1.82) is 0 Å². The van der Waals surface area contributed by atoms with Crippen LogP contribution in [0.4, 0.5) is 10.1 Å². The van der Waals surface area contributed by atoms with E-state index >= 15 is 0 Å². The van der Waals surface area contributed by atoms with Crippen LogP contribution in [-0.2, 0) is 10.3 Å². The number of nitrogens with zero attached hydrogens (tertiary/aromatic N) is 1. The Labute approximate surface area is 141 Å². The van der Waals surface area contributed by atoms with E-state index in [1.807, 2.05) is 12.1 Å². The van der Waals surface area contributed by atoms with E-state index in [1.54, 1.807) is 24.5 Å². The molecule has 2 aromatic rings. The molecule has 3 rings (SSSR count). The Morgan fingerprint density at radius 3 is 2.58 bits per heavy atom. The van der Waals surface area contributed by atoms with Gasteiger partial charge in [-0.15, -0.1) is 0 Å². The van der Waals surface area contributed by atoms with Crippen LogP contribution in [0.25, 0.3) is 0 Å². The number of rotatable bonds is 6. The van der Waals surface area contributed by atoms with Crippen molar-refractivity contribution in [2.45, 2.75) is 37.6 Å². The fourth-order valence-corrected chi connectivity index (χ4v) is 3.70. The van der Waals surface area contributed by atoms with Crippen LogP contribution in [-0.4, -0.2) is 11.4 Å². The van der Waals surface area contributed by atoms with Gasteiger partial charge >= 0.3 is 0 Å². The van der Waals surface area contributed by atoms with Gasteiger partial charge < -0.3 is 11.1 Å². The molecule has 1 fully saturated rings. The summed E-state index contributed by atoms with van der Waals surface area (Å²) in [5.74, 6) is 0.0829. The maximum atomic E-state index is 13.9. The third kappa shape index (κ3) is 3.31. The molecule has 1 saturated carbocycles. The molecule has 3 N–H and O–H groups in total. The number of nitrogens with one attached hydrogen (secondary N) is 1. The number of carbonyl (C=O) groups is 1. The predicted octanol–water partition coefficient (Wildman–Crippen LogP) is 3.57. The molecule has 1 amide bonds. The van der Waals surface area contributed by atoms with E-state index in [0.717, 1.165) is 17.5 Å². The topological polar surface area (TPSA) is 68.0 Å². The fourth-order valence-electron chi connectivity index (χ4n) is 3.70. The van der Waals surface area contributed by atoms with Crippen LogP contribution in [0.3, 0.4) is 0 Å². The summed E-state index contributed by atoms with van der Waals surface area (Å²) in [4.78, 5) is 14.8. The number of aromatic nitrogens is 1. The third-order valence-corrected chi connectivity index (χ3v) is 4.98. The van der Waals surface area contributed by atoms with E-state index in [4.69, 9.17) is 5.73 Å². The van der Waals surface area contributed by atoms with Gasteiger partial charge in [0.2, 0.25) is 6.41 Å². The zero-order valence-corrected chi connectivity index (χ0v) is 13.5. The second-order valence-electron chi connectivity index (χ2n) is 6.52. The molecular formula is C19H22FN3O. The van der Waals surface area contributed by atoms with Gasteiger partial charge in [0.25, 0.3) is 0 Å². The van der Waals surface area contributed by atoms with Gasteiger partial charge in [0, 0.05) is 12.4 Å². The SMILES string of the molecule is NC(CC1CCCC1)(c1ccncc1)c1ccc(F)c(NC=O)c1.